The van der Waals surface area contributed by atoms with Gasteiger partial charge in [-0.15, -0.1) is 0 Å². The first kappa shape index (κ1) is 11.2. The van der Waals surface area contributed by atoms with Gasteiger partial charge in [-0.3, -0.25) is 0 Å². The molecule has 1 rings (SSSR count). The summed E-state index contributed by atoms with van der Waals surface area (Å²) in [4.78, 5) is 0. The quantitative estimate of drug-likeness (QED) is 0.770. The molecule has 0 fully saturated rings. The fraction of sp³-hybridized carbons (Fsp3) is 0.500. The van der Waals surface area contributed by atoms with Gasteiger partial charge in [-0.1, -0.05) is 44.2 Å². The Morgan fingerprint density at radius 2 is 1.71 bits per heavy atom. The lowest BCUT2D eigenvalue weighted by Gasteiger charge is -2.23. The molecule has 0 unspecified atom stereocenters. The largest absolute Gasteiger partial charge is 0.393 e. The fourth-order valence-electron chi connectivity index (χ4n) is 1.54. The van der Waals surface area contributed by atoms with Crippen LogP contribution < -0.4 is 0 Å². The van der Waals surface area contributed by atoms with E-state index in [-0.39, 0.29) is 5.92 Å². The van der Waals surface area contributed by atoms with Crippen LogP contribution in [-0.4, -0.2) is 16.3 Å². The Bertz CT molecular complexity index is 258. The number of aliphatic hydroxyl groups excluding tert-OH is 2. The smallest absolute Gasteiger partial charge is 0.0840 e. The molecule has 0 aliphatic carbocycles. The van der Waals surface area contributed by atoms with Crippen molar-refractivity contribution in [3.05, 3.63) is 35.9 Å². The summed E-state index contributed by atoms with van der Waals surface area (Å²) in [6.07, 6.45) is -0.346. The number of rotatable bonds is 4. The van der Waals surface area contributed by atoms with Crippen LogP contribution in [0.2, 0.25) is 0 Å². The minimum Gasteiger partial charge on any atom is -0.393 e. The van der Waals surface area contributed by atoms with Gasteiger partial charge in [0.15, 0.2) is 0 Å². The molecule has 0 aliphatic rings. The van der Waals surface area contributed by atoms with Crippen molar-refractivity contribution in [2.45, 2.75) is 32.5 Å². The normalized spacial score (nSPS) is 17.4. The van der Waals surface area contributed by atoms with Crippen molar-refractivity contribution in [2.24, 2.45) is 5.92 Å². The Hall–Kier alpha value is -0.860. The van der Waals surface area contributed by atoms with Gasteiger partial charge in [-0.25, -0.2) is 0 Å². The number of aliphatic hydroxyl groups is 2. The molecule has 2 heteroatoms. The van der Waals surface area contributed by atoms with Crippen molar-refractivity contribution >= 4 is 0 Å². The van der Waals surface area contributed by atoms with E-state index < -0.39 is 12.2 Å². The fourth-order valence-corrected chi connectivity index (χ4v) is 1.54. The molecule has 0 saturated carbocycles. The lowest BCUT2D eigenvalue weighted by molar-refractivity contribution is 0.0192. The number of hydrogen-bond acceptors (Lipinski definition) is 2. The van der Waals surface area contributed by atoms with E-state index in [1.807, 2.05) is 44.2 Å². The van der Waals surface area contributed by atoms with Gasteiger partial charge in [0, 0.05) is 5.92 Å². The van der Waals surface area contributed by atoms with Crippen molar-refractivity contribution in [3.8, 4) is 0 Å². The molecule has 0 amide bonds. The predicted molar refractivity (Wildman–Crippen MR) is 56.9 cm³/mol. The summed E-state index contributed by atoms with van der Waals surface area (Å²) in [5.74, 6) is -0.123. The third kappa shape index (κ3) is 2.56. The van der Waals surface area contributed by atoms with Gasteiger partial charge in [0.05, 0.1) is 12.2 Å². The number of hydrogen-bond donors (Lipinski definition) is 2. The van der Waals surface area contributed by atoms with Gasteiger partial charge in [0.1, 0.15) is 0 Å². The second-order valence-corrected chi connectivity index (χ2v) is 3.69. The molecule has 0 saturated heterocycles. The molecule has 2 N–H and O–H groups in total. The molecule has 0 aromatic heterocycles. The molecule has 0 radical (unpaired) electrons. The Balaban J connectivity index is 2.70. The summed E-state index contributed by atoms with van der Waals surface area (Å²) < 4.78 is 0. The molecule has 0 spiro atoms. The van der Waals surface area contributed by atoms with Crippen molar-refractivity contribution < 1.29 is 10.2 Å². The third-order valence-corrected chi connectivity index (χ3v) is 2.66. The highest BCUT2D eigenvalue weighted by atomic mass is 16.3. The summed E-state index contributed by atoms with van der Waals surface area (Å²) in [6, 6.07) is 9.46. The molecule has 1 aromatic carbocycles. The van der Waals surface area contributed by atoms with Crippen molar-refractivity contribution in [1.29, 1.82) is 0 Å². The molecule has 1 aromatic rings. The van der Waals surface area contributed by atoms with Crippen LogP contribution in [0.3, 0.4) is 0 Å². The Labute approximate surface area is 85.2 Å². The maximum Gasteiger partial charge on any atom is 0.0840 e. The molecule has 14 heavy (non-hydrogen) atoms. The Kier molecular flexibility index (Phi) is 4.11. The van der Waals surface area contributed by atoms with E-state index in [0.29, 0.717) is 6.42 Å². The van der Waals surface area contributed by atoms with E-state index in [1.165, 1.54) is 0 Å². The van der Waals surface area contributed by atoms with Crippen LogP contribution in [0.15, 0.2) is 30.3 Å². The Morgan fingerprint density at radius 1 is 1.14 bits per heavy atom. The molecule has 78 valence electrons. The van der Waals surface area contributed by atoms with E-state index in [1.54, 1.807) is 0 Å². The van der Waals surface area contributed by atoms with E-state index in [4.69, 9.17) is 0 Å². The average molecular weight is 194 g/mol. The third-order valence-electron chi connectivity index (χ3n) is 2.66. The minimum absolute atomic E-state index is 0.123. The Morgan fingerprint density at radius 3 is 2.21 bits per heavy atom. The monoisotopic (exact) mass is 194 g/mol. The van der Waals surface area contributed by atoms with Gasteiger partial charge in [-0.05, 0) is 12.0 Å². The van der Waals surface area contributed by atoms with Crippen LogP contribution in [0.5, 0.6) is 0 Å². The maximum atomic E-state index is 9.93. The summed E-state index contributed by atoms with van der Waals surface area (Å²) in [5.41, 5.74) is 0.868. The maximum absolute atomic E-state index is 9.93. The summed E-state index contributed by atoms with van der Waals surface area (Å²) in [6.45, 7) is 3.78. The lowest BCUT2D eigenvalue weighted by atomic mass is 9.91. The first-order valence-corrected chi connectivity index (χ1v) is 5.08. The molecule has 0 heterocycles. The highest BCUT2D eigenvalue weighted by Gasteiger charge is 2.21. The summed E-state index contributed by atoms with van der Waals surface area (Å²) in [5, 5.41) is 19.5. The van der Waals surface area contributed by atoms with Gasteiger partial charge in [-0.2, -0.15) is 0 Å². The lowest BCUT2D eigenvalue weighted by Crippen LogP contribution is -2.23. The van der Waals surface area contributed by atoms with Crippen molar-refractivity contribution in [3.63, 3.8) is 0 Å². The van der Waals surface area contributed by atoms with Crippen molar-refractivity contribution in [1.82, 2.24) is 0 Å². The SMILES string of the molecule is CC[C@H](O)[C@@H](C)[C@H](O)c1ccccc1. The zero-order valence-electron chi connectivity index (χ0n) is 8.72. The molecular formula is C12H18O2. The second kappa shape index (κ2) is 5.13. The molecule has 0 aliphatic heterocycles. The molecule has 2 nitrogen and oxygen atoms in total. The highest BCUT2D eigenvalue weighted by Crippen LogP contribution is 2.25. The number of benzene rings is 1. The van der Waals surface area contributed by atoms with E-state index in [2.05, 4.69) is 0 Å². The van der Waals surface area contributed by atoms with Gasteiger partial charge >= 0.3 is 0 Å². The van der Waals surface area contributed by atoms with Crippen LogP contribution in [0.25, 0.3) is 0 Å². The average Bonchev–Trinajstić information content (AvgIpc) is 2.27. The van der Waals surface area contributed by atoms with Crippen LogP contribution in [0.4, 0.5) is 0 Å². The topological polar surface area (TPSA) is 40.5 Å². The van der Waals surface area contributed by atoms with E-state index in [0.717, 1.165) is 5.56 Å². The second-order valence-electron chi connectivity index (χ2n) is 3.69. The van der Waals surface area contributed by atoms with E-state index >= 15 is 0 Å². The molecule has 3 atom stereocenters. The zero-order valence-corrected chi connectivity index (χ0v) is 8.72. The minimum atomic E-state index is -0.578. The first-order valence-electron chi connectivity index (χ1n) is 5.08. The van der Waals surface area contributed by atoms with Crippen LogP contribution in [0, 0.1) is 5.92 Å². The standard InChI is InChI=1S/C12H18O2/c1-3-11(13)9(2)12(14)10-7-5-4-6-8-10/h4-9,11-14H,3H2,1-2H3/t9-,11+,12+/m1/s1. The van der Waals surface area contributed by atoms with Gasteiger partial charge < -0.3 is 10.2 Å². The highest BCUT2D eigenvalue weighted by molar-refractivity contribution is 5.18. The molecular weight excluding hydrogens is 176 g/mol. The van der Waals surface area contributed by atoms with Crippen molar-refractivity contribution in [2.75, 3.05) is 0 Å². The first-order chi connectivity index (χ1) is 6.66. The van der Waals surface area contributed by atoms with Crippen LogP contribution in [0.1, 0.15) is 31.9 Å². The van der Waals surface area contributed by atoms with Crippen LogP contribution in [-0.2, 0) is 0 Å². The van der Waals surface area contributed by atoms with Gasteiger partial charge in [0.2, 0.25) is 0 Å². The summed E-state index contributed by atoms with van der Waals surface area (Å²) >= 11 is 0. The van der Waals surface area contributed by atoms with Gasteiger partial charge in [0.25, 0.3) is 0 Å². The molecule has 0 bridgehead atoms. The predicted octanol–water partition coefficient (Wildman–Crippen LogP) is 2.13. The van der Waals surface area contributed by atoms with Crippen LogP contribution >= 0.6 is 0 Å². The zero-order chi connectivity index (χ0) is 10.6. The summed E-state index contributed by atoms with van der Waals surface area (Å²) in [7, 11) is 0. The van der Waals surface area contributed by atoms with E-state index in [9.17, 15) is 10.2 Å².